The minimum absolute atomic E-state index is 0.157. The third kappa shape index (κ3) is 3.80. The molecule has 0 saturated carbocycles. The molecule has 1 saturated heterocycles. The van der Waals surface area contributed by atoms with E-state index >= 15 is 0 Å². The number of piperidine rings is 1. The fourth-order valence-corrected chi connectivity index (χ4v) is 1.91. The van der Waals surface area contributed by atoms with Gasteiger partial charge in [0.2, 0.25) is 0 Å². The van der Waals surface area contributed by atoms with E-state index in [-0.39, 0.29) is 17.9 Å². The van der Waals surface area contributed by atoms with Gasteiger partial charge in [0.15, 0.2) is 0 Å². The highest BCUT2D eigenvalue weighted by atomic mass is 16.5. The first-order chi connectivity index (χ1) is 7.15. The van der Waals surface area contributed by atoms with Gasteiger partial charge in [0.1, 0.15) is 6.04 Å². The molecule has 0 aliphatic carbocycles. The van der Waals surface area contributed by atoms with E-state index in [1.807, 2.05) is 13.8 Å². The molecule has 2 N–H and O–H groups in total. The van der Waals surface area contributed by atoms with Gasteiger partial charge in [0, 0.05) is 12.6 Å². The van der Waals surface area contributed by atoms with Crippen molar-refractivity contribution in [2.45, 2.75) is 38.8 Å². The molecular formula is C11H22N2O2. The van der Waals surface area contributed by atoms with E-state index < -0.39 is 0 Å². The normalized spacial score (nSPS) is 23.9. The smallest absolute Gasteiger partial charge is 0.323 e. The van der Waals surface area contributed by atoms with E-state index in [9.17, 15) is 4.79 Å². The van der Waals surface area contributed by atoms with E-state index in [4.69, 9.17) is 4.74 Å². The first kappa shape index (κ1) is 12.5. The molecule has 0 aromatic rings. The fourth-order valence-electron chi connectivity index (χ4n) is 1.91. The second kappa shape index (κ2) is 6.08. The summed E-state index contributed by atoms with van der Waals surface area (Å²) in [5.41, 5.74) is 0. The monoisotopic (exact) mass is 214 g/mol. The lowest BCUT2D eigenvalue weighted by molar-refractivity contribution is -0.144. The molecule has 0 aromatic heterocycles. The van der Waals surface area contributed by atoms with Crippen molar-refractivity contribution >= 4 is 5.97 Å². The third-order valence-corrected chi connectivity index (χ3v) is 2.83. The Balaban J connectivity index is 2.46. The Morgan fingerprint density at radius 3 is 2.73 bits per heavy atom. The van der Waals surface area contributed by atoms with Gasteiger partial charge in [-0.25, -0.2) is 0 Å². The van der Waals surface area contributed by atoms with Crippen molar-refractivity contribution in [2.75, 3.05) is 20.2 Å². The number of rotatable bonds is 4. The Morgan fingerprint density at radius 2 is 2.27 bits per heavy atom. The molecule has 1 fully saturated rings. The van der Waals surface area contributed by atoms with Gasteiger partial charge in [-0.05, 0) is 25.3 Å². The van der Waals surface area contributed by atoms with Gasteiger partial charge in [0.25, 0.3) is 0 Å². The van der Waals surface area contributed by atoms with Crippen molar-refractivity contribution in [1.29, 1.82) is 0 Å². The highest BCUT2D eigenvalue weighted by molar-refractivity contribution is 5.75. The van der Waals surface area contributed by atoms with Crippen LogP contribution >= 0.6 is 0 Å². The van der Waals surface area contributed by atoms with Crippen LogP contribution in [0.1, 0.15) is 26.7 Å². The van der Waals surface area contributed by atoms with Crippen LogP contribution in [0.5, 0.6) is 0 Å². The summed E-state index contributed by atoms with van der Waals surface area (Å²) in [5.74, 6) is 0.106. The van der Waals surface area contributed by atoms with Crippen LogP contribution in [0, 0.1) is 5.92 Å². The van der Waals surface area contributed by atoms with Crippen LogP contribution in [-0.2, 0) is 9.53 Å². The predicted molar refractivity (Wildman–Crippen MR) is 59.7 cm³/mol. The summed E-state index contributed by atoms with van der Waals surface area (Å²) in [4.78, 5) is 11.5. The zero-order chi connectivity index (χ0) is 11.3. The van der Waals surface area contributed by atoms with E-state index in [2.05, 4.69) is 10.6 Å². The Hall–Kier alpha value is -0.610. The van der Waals surface area contributed by atoms with Gasteiger partial charge in [-0.15, -0.1) is 0 Å². The van der Waals surface area contributed by atoms with Gasteiger partial charge in [-0.2, -0.15) is 0 Å². The van der Waals surface area contributed by atoms with Gasteiger partial charge >= 0.3 is 5.97 Å². The molecule has 88 valence electrons. The number of methoxy groups -OCH3 is 1. The van der Waals surface area contributed by atoms with E-state index in [1.54, 1.807) is 0 Å². The molecule has 0 spiro atoms. The Morgan fingerprint density at radius 1 is 1.53 bits per heavy atom. The maximum Gasteiger partial charge on any atom is 0.323 e. The fraction of sp³-hybridized carbons (Fsp3) is 0.909. The molecule has 2 atom stereocenters. The number of carbonyl (C=O) groups excluding carboxylic acids is 1. The van der Waals surface area contributed by atoms with Gasteiger partial charge in [-0.1, -0.05) is 13.8 Å². The van der Waals surface area contributed by atoms with Crippen molar-refractivity contribution < 1.29 is 9.53 Å². The van der Waals surface area contributed by atoms with Crippen LogP contribution in [0.3, 0.4) is 0 Å². The highest BCUT2D eigenvalue weighted by Crippen LogP contribution is 2.08. The first-order valence-corrected chi connectivity index (χ1v) is 5.69. The van der Waals surface area contributed by atoms with Crippen LogP contribution in [0.4, 0.5) is 0 Å². The molecule has 1 aliphatic rings. The van der Waals surface area contributed by atoms with Crippen molar-refractivity contribution in [3.8, 4) is 0 Å². The second-order valence-electron chi connectivity index (χ2n) is 4.45. The molecular weight excluding hydrogens is 192 g/mol. The third-order valence-electron chi connectivity index (χ3n) is 2.83. The van der Waals surface area contributed by atoms with Crippen LogP contribution in [0.2, 0.25) is 0 Å². The van der Waals surface area contributed by atoms with Gasteiger partial charge in [-0.3, -0.25) is 4.79 Å². The van der Waals surface area contributed by atoms with E-state index in [0.29, 0.717) is 6.04 Å². The van der Waals surface area contributed by atoms with Crippen molar-refractivity contribution in [3.63, 3.8) is 0 Å². The summed E-state index contributed by atoms with van der Waals surface area (Å²) in [6.45, 7) is 6.10. The SMILES string of the molecule is COC(=O)[C@@H](NC1CCCNC1)C(C)C. The molecule has 0 amide bonds. The average Bonchev–Trinajstić information content (AvgIpc) is 2.26. The lowest BCUT2D eigenvalue weighted by Crippen LogP contribution is -2.52. The number of ether oxygens (including phenoxy) is 1. The second-order valence-corrected chi connectivity index (χ2v) is 4.45. The molecule has 4 heteroatoms. The highest BCUT2D eigenvalue weighted by Gasteiger charge is 2.26. The lowest BCUT2D eigenvalue weighted by Gasteiger charge is -2.29. The van der Waals surface area contributed by atoms with Crippen molar-refractivity contribution in [2.24, 2.45) is 5.92 Å². The summed E-state index contributed by atoms with van der Waals surface area (Å²) in [5, 5.41) is 6.69. The molecule has 1 rings (SSSR count). The number of esters is 1. The zero-order valence-corrected chi connectivity index (χ0v) is 9.88. The summed E-state index contributed by atoms with van der Waals surface area (Å²) in [7, 11) is 1.44. The first-order valence-electron chi connectivity index (χ1n) is 5.69. The largest absolute Gasteiger partial charge is 0.468 e. The topological polar surface area (TPSA) is 50.4 Å². The predicted octanol–water partition coefficient (Wildman–Crippen LogP) is 0.526. The van der Waals surface area contributed by atoms with Gasteiger partial charge in [0.05, 0.1) is 7.11 Å². The number of hydrogen-bond acceptors (Lipinski definition) is 4. The molecule has 1 aliphatic heterocycles. The molecule has 1 unspecified atom stereocenters. The minimum Gasteiger partial charge on any atom is -0.468 e. The summed E-state index contributed by atoms with van der Waals surface area (Å²) in [6.07, 6.45) is 2.30. The minimum atomic E-state index is -0.181. The molecule has 0 radical (unpaired) electrons. The van der Waals surface area contributed by atoms with Crippen molar-refractivity contribution in [3.05, 3.63) is 0 Å². The van der Waals surface area contributed by atoms with Crippen LogP contribution < -0.4 is 10.6 Å². The molecule has 15 heavy (non-hydrogen) atoms. The number of hydrogen-bond donors (Lipinski definition) is 2. The van der Waals surface area contributed by atoms with Gasteiger partial charge < -0.3 is 15.4 Å². The molecule has 0 bridgehead atoms. The Labute approximate surface area is 91.8 Å². The van der Waals surface area contributed by atoms with Crippen molar-refractivity contribution in [1.82, 2.24) is 10.6 Å². The standard InChI is InChI=1S/C11H22N2O2/c1-8(2)10(11(14)15-3)13-9-5-4-6-12-7-9/h8-10,12-13H,4-7H2,1-3H3/t9?,10-/m0/s1. The van der Waals surface area contributed by atoms with Crippen LogP contribution in [0.25, 0.3) is 0 Å². The maximum atomic E-state index is 11.5. The Bertz CT molecular complexity index is 201. The Kier molecular flexibility index (Phi) is 5.05. The molecule has 0 aromatic carbocycles. The van der Waals surface area contributed by atoms with Crippen LogP contribution in [0.15, 0.2) is 0 Å². The van der Waals surface area contributed by atoms with E-state index in [0.717, 1.165) is 19.5 Å². The van der Waals surface area contributed by atoms with Crippen LogP contribution in [-0.4, -0.2) is 38.3 Å². The summed E-state index contributed by atoms with van der Waals surface area (Å²) >= 11 is 0. The quantitative estimate of drug-likeness (QED) is 0.670. The maximum absolute atomic E-state index is 11.5. The average molecular weight is 214 g/mol. The molecule has 1 heterocycles. The zero-order valence-electron chi connectivity index (χ0n) is 9.88. The summed E-state index contributed by atoms with van der Waals surface area (Å²) < 4.78 is 4.79. The molecule has 4 nitrogen and oxygen atoms in total. The number of nitrogens with one attached hydrogen (secondary N) is 2. The summed E-state index contributed by atoms with van der Waals surface area (Å²) in [6, 6.07) is 0.213. The lowest BCUT2D eigenvalue weighted by atomic mass is 10.0. The van der Waals surface area contributed by atoms with E-state index in [1.165, 1.54) is 13.5 Å². The number of carbonyl (C=O) groups is 1.